The van der Waals surface area contributed by atoms with Crippen molar-refractivity contribution in [3.8, 4) is 11.1 Å². The molecule has 1 nitrogen and oxygen atoms in total. The van der Waals surface area contributed by atoms with Gasteiger partial charge in [0, 0.05) is 26.9 Å². The first-order chi connectivity index (χ1) is 17.9. The predicted molar refractivity (Wildman–Crippen MR) is 163 cm³/mol. The standard InChI is InChI=1S/C35H38BrN/c1-25(2)19-21-35(22-20-26(3)4)33-23-27(36)15-17-31(33)32-18-16-30(24-34(32)35)37(28-11-7-5-8-12-28)29-13-9-6-10-14-29/h5-18,23-26H,19-22H2,1-4H3. The summed E-state index contributed by atoms with van der Waals surface area (Å²) < 4.78 is 1.17. The third-order valence-corrected chi connectivity index (χ3v) is 8.38. The van der Waals surface area contributed by atoms with Crippen molar-refractivity contribution >= 4 is 33.0 Å². The molecule has 0 saturated carbocycles. The van der Waals surface area contributed by atoms with Crippen molar-refractivity contribution in [3.63, 3.8) is 0 Å². The summed E-state index contributed by atoms with van der Waals surface area (Å²) in [5.74, 6) is 1.34. The Balaban J connectivity index is 1.72. The molecule has 0 N–H and O–H groups in total. The average Bonchev–Trinajstić information content (AvgIpc) is 3.16. The lowest BCUT2D eigenvalue weighted by atomic mass is 9.69. The number of hydrogen-bond acceptors (Lipinski definition) is 1. The van der Waals surface area contributed by atoms with Crippen LogP contribution >= 0.6 is 15.9 Å². The van der Waals surface area contributed by atoms with Crippen LogP contribution in [0.15, 0.2) is 102 Å². The van der Waals surface area contributed by atoms with Crippen molar-refractivity contribution < 1.29 is 0 Å². The van der Waals surface area contributed by atoms with E-state index in [-0.39, 0.29) is 5.41 Å². The minimum absolute atomic E-state index is 0.0258. The van der Waals surface area contributed by atoms with Gasteiger partial charge in [0.1, 0.15) is 0 Å². The topological polar surface area (TPSA) is 3.24 Å². The summed E-state index contributed by atoms with van der Waals surface area (Å²) in [5.41, 5.74) is 9.42. The quantitative estimate of drug-likeness (QED) is 0.200. The summed E-state index contributed by atoms with van der Waals surface area (Å²) in [6.45, 7) is 9.43. The maximum atomic E-state index is 3.81. The Morgan fingerprint density at radius 1 is 0.595 bits per heavy atom. The highest BCUT2D eigenvalue weighted by Gasteiger charge is 2.43. The molecule has 1 aliphatic carbocycles. The van der Waals surface area contributed by atoms with Crippen LogP contribution in [0.2, 0.25) is 0 Å². The normalized spacial score (nSPS) is 13.6. The van der Waals surface area contributed by atoms with Crippen LogP contribution in [0.3, 0.4) is 0 Å². The average molecular weight is 553 g/mol. The summed E-state index contributed by atoms with van der Waals surface area (Å²) >= 11 is 3.81. The summed E-state index contributed by atoms with van der Waals surface area (Å²) in [6, 6.07) is 35.6. The lowest BCUT2D eigenvalue weighted by Crippen LogP contribution is -2.27. The van der Waals surface area contributed by atoms with Crippen molar-refractivity contribution in [1.82, 2.24) is 0 Å². The number of benzene rings is 4. The van der Waals surface area contributed by atoms with Gasteiger partial charge in [-0.2, -0.15) is 0 Å². The second-order valence-corrected chi connectivity index (χ2v) is 12.3. The molecule has 0 radical (unpaired) electrons. The van der Waals surface area contributed by atoms with Gasteiger partial charge in [-0.3, -0.25) is 0 Å². The Kier molecular flexibility index (Phi) is 7.58. The highest BCUT2D eigenvalue weighted by atomic mass is 79.9. The van der Waals surface area contributed by atoms with Crippen LogP contribution in [0, 0.1) is 11.8 Å². The molecular formula is C35H38BrN. The second-order valence-electron chi connectivity index (χ2n) is 11.4. The third-order valence-electron chi connectivity index (χ3n) is 7.89. The fraction of sp³-hybridized carbons (Fsp3) is 0.314. The van der Waals surface area contributed by atoms with Gasteiger partial charge in [0.2, 0.25) is 0 Å². The number of nitrogens with zero attached hydrogens (tertiary/aromatic N) is 1. The van der Waals surface area contributed by atoms with Crippen LogP contribution in [0.5, 0.6) is 0 Å². The fourth-order valence-corrected chi connectivity index (χ4v) is 6.29. The van der Waals surface area contributed by atoms with Crippen LogP contribution in [0.25, 0.3) is 11.1 Å². The van der Waals surface area contributed by atoms with Crippen molar-refractivity contribution in [1.29, 1.82) is 0 Å². The maximum Gasteiger partial charge on any atom is 0.0465 e. The summed E-state index contributed by atoms with van der Waals surface area (Å²) in [4.78, 5) is 2.40. The van der Waals surface area contributed by atoms with E-state index in [1.54, 1.807) is 0 Å². The highest BCUT2D eigenvalue weighted by Crippen LogP contribution is 2.56. The van der Waals surface area contributed by atoms with E-state index in [9.17, 15) is 0 Å². The van der Waals surface area contributed by atoms with Gasteiger partial charge in [0.25, 0.3) is 0 Å². The monoisotopic (exact) mass is 551 g/mol. The molecule has 0 aromatic heterocycles. The molecular weight excluding hydrogens is 514 g/mol. The SMILES string of the molecule is CC(C)CCC1(CCC(C)C)c2cc(Br)ccc2-c2ccc(N(c3ccccc3)c3ccccc3)cc21. The summed E-state index contributed by atoms with van der Waals surface area (Å²) in [6.07, 6.45) is 4.78. The minimum atomic E-state index is 0.0258. The smallest absolute Gasteiger partial charge is 0.0465 e. The van der Waals surface area contributed by atoms with Crippen molar-refractivity contribution in [2.24, 2.45) is 11.8 Å². The van der Waals surface area contributed by atoms with Crippen LogP contribution in [-0.4, -0.2) is 0 Å². The first-order valence-electron chi connectivity index (χ1n) is 13.7. The van der Waals surface area contributed by atoms with E-state index in [4.69, 9.17) is 0 Å². The van der Waals surface area contributed by atoms with Crippen molar-refractivity contribution in [2.75, 3.05) is 4.90 Å². The molecule has 0 fully saturated rings. The molecule has 37 heavy (non-hydrogen) atoms. The zero-order valence-corrected chi connectivity index (χ0v) is 24.1. The van der Waals surface area contributed by atoms with Crippen LogP contribution in [-0.2, 0) is 5.41 Å². The number of hydrogen-bond donors (Lipinski definition) is 0. The number of rotatable bonds is 9. The van der Waals surface area contributed by atoms with Gasteiger partial charge < -0.3 is 4.90 Å². The van der Waals surface area contributed by atoms with Gasteiger partial charge in [-0.25, -0.2) is 0 Å². The molecule has 190 valence electrons. The van der Waals surface area contributed by atoms with Gasteiger partial charge >= 0.3 is 0 Å². The third kappa shape index (κ3) is 5.14. The molecule has 0 heterocycles. The van der Waals surface area contributed by atoms with E-state index in [0.29, 0.717) is 11.8 Å². The van der Waals surface area contributed by atoms with Crippen molar-refractivity contribution in [3.05, 3.63) is 113 Å². The lowest BCUT2D eigenvalue weighted by Gasteiger charge is -2.35. The van der Waals surface area contributed by atoms with E-state index in [1.807, 2.05) is 0 Å². The largest absolute Gasteiger partial charge is 0.310 e. The molecule has 0 atom stereocenters. The Bertz CT molecular complexity index is 1290. The van der Waals surface area contributed by atoms with E-state index < -0.39 is 0 Å². The molecule has 5 rings (SSSR count). The van der Waals surface area contributed by atoms with E-state index in [0.717, 1.165) is 0 Å². The highest BCUT2D eigenvalue weighted by molar-refractivity contribution is 9.10. The van der Waals surface area contributed by atoms with Crippen LogP contribution < -0.4 is 4.90 Å². The van der Waals surface area contributed by atoms with Crippen LogP contribution in [0.4, 0.5) is 17.1 Å². The van der Waals surface area contributed by atoms with E-state index in [1.165, 1.54) is 69.5 Å². The first-order valence-corrected chi connectivity index (χ1v) is 14.5. The fourth-order valence-electron chi connectivity index (χ4n) is 5.93. The Labute approximate surface area is 231 Å². The van der Waals surface area contributed by atoms with Gasteiger partial charge in [-0.15, -0.1) is 0 Å². The van der Waals surface area contributed by atoms with Gasteiger partial charge in [0.05, 0.1) is 0 Å². The Morgan fingerprint density at radius 2 is 1.08 bits per heavy atom. The molecule has 4 aromatic rings. The van der Waals surface area contributed by atoms with Gasteiger partial charge in [-0.1, -0.05) is 92.2 Å². The summed E-state index contributed by atoms with van der Waals surface area (Å²) in [7, 11) is 0. The minimum Gasteiger partial charge on any atom is -0.310 e. The summed E-state index contributed by atoms with van der Waals surface area (Å²) in [5, 5.41) is 0. The molecule has 2 heteroatoms. The van der Waals surface area contributed by atoms with Crippen LogP contribution in [0.1, 0.15) is 64.5 Å². The Hall–Kier alpha value is -2.84. The van der Waals surface area contributed by atoms with E-state index >= 15 is 0 Å². The van der Waals surface area contributed by atoms with E-state index in [2.05, 4.69) is 146 Å². The number of para-hydroxylation sites is 2. The second kappa shape index (κ2) is 10.9. The molecule has 0 saturated heterocycles. The molecule has 1 aliphatic rings. The lowest BCUT2D eigenvalue weighted by molar-refractivity contribution is 0.364. The predicted octanol–water partition coefficient (Wildman–Crippen LogP) is 11.1. The van der Waals surface area contributed by atoms with Gasteiger partial charge in [-0.05, 0) is 108 Å². The number of halogens is 1. The number of anilines is 3. The molecule has 0 spiro atoms. The maximum absolute atomic E-state index is 3.81. The Morgan fingerprint density at radius 3 is 1.59 bits per heavy atom. The zero-order chi connectivity index (χ0) is 26.0. The van der Waals surface area contributed by atoms with Gasteiger partial charge in [0.15, 0.2) is 0 Å². The molecule has 0 amide bonds. The first kappa shape index (κ1) is 25.8. The molecule has 0 aliphatic heterocycles. The zero-order valence-electron chi connectivity index (χ0n) is 22.5. The molecule has 4 aromatic carbocycles. The van der Waals surface area contributed by atoms with Crippen molar-refractivity contribution in [2.45, 2.75) is 58.8 Å². The molecule has 0 unspecified atom stereocenters. The number of fused-ring (bicyclic) bond motifs is 3. The molecule has 0 bridgehead atoms.